The van der Waals surface area contributed by atoms with E-state index in [0.717, 1.165) is 35.2 Å². The highest BCUT2D eigenvalue weighted by atomic mass is 32.2. The van der Waals surface area contributed by atoms with Crippen LogP contribution in [0.15, 0.2) is 42.5 Å². The summed E-state index contributed by atoms with van der Waals surface area (Å²) in [6.07, 6.45) is 2.79. The van der Waals surface area contributed by atoms with Crippen LogP contribution in [-0.2, 0) is 26.9 Å². The third kappa shape index (κ3) is 4.96. The molecular weight excluding hydrogens is 426 g/mol. The molecule has 0 aliphatic carbocycles. The zero-order valence-electron chi connectivity index (χ0n) is 18.7. The van der Waals surface area contributed by atoms with E-state index in [2.05, 4.69) is 4.98 Å². The van der Waals surface area contributed by atoms with Gasteiger partial charge in [-0.1, -0.05) is 30.3 Å². The maximum atomic E-state index is 13.1. The number of hydrogen-bond donors (Lipinski definition) is 0. The molecule has 1 aliphatic rings. The number of carbonyl (C=O) groups excluding carboxylic acids is 1. The number of benzene rings is 2. The third-order valence-electron chi connectivity index (χ3n) is 5.91. The van der Waals surface area contributed by atoms with Gasteiger partial charge in [0.1, 0.15) is 30.0 Å². The molecular formula is C24H29N3O4S. The fourth-order valence-corrected chi connectivity index (χ4v) is 4.95. The van der Waals surface area contributed by atoms with Crippen LogP contribution in [0.5, 0.6) is 5.75 Å². The number of amides is 1. The first-order valence-corrected chi connectivity index (χ1v) is 12.9. The van der Waals surface area contributed by atoms with Gasteiger partial charge in [-0.25, -0.2) is 13.4 Å². The Morgan fingerprint density at radius 1 is 1.06 bits per heavy atom. The van der Waals surface area contributed by atoms with E-state index in [9.17, 15) is 13.2 Å². The van der Waals surface area contributed by atoms with Crippen LogP contribution in [-0.4, -0.2) is 54.2 Å². The Kier molecular flexibility index (Phi) is 6.24. The Bertz CT molecular complexity index is 1220. The van der Waals surface area contributed by atoms with Gasteiger partial charge in [-0.05, 0) is 37.1 Å². The lowest BCUT2D eigenvalue weighted by molar-refractivity contribution is -0.133. The van der Waals surface area contributed by atoms with Crippen molar-refractivity contribution in [1.29, 1.82) is 0 Å². The molecule has 0 spiro atoms. The molecule has 1 saturated heterocycles. The Morgan fingerprint density at radius 3 is 2.38 bits per heavy atom. The standard InChI is InChI=1S/C24H29N3O4S/c1-17-7-6-8-18(2)24(17)31-19-11-13-26(14-12-19)23(28)15-27-21-10-5-4-9-20(21)25-22(27)16-32(3,29)30/h4-10,19H,11-16H2,1-3H3. The lowest BCUT2D eigenvalue weighted by Gasteiger charge is -2.33. The summed E-state index contributed by atoms with van der Waals surface area (Å²) in [5, 5.41) is 0. The topological polar surface area (TPSA) is 81.5 Å². The summed E-state index contributed by atoms with van der Waals surface area (Å²) in [6.45, 7) is 5.40. The zero-order valence-corrected chi connectivity index (χ0v) is 19.6. The lowest BCUT2D eigenvalue weighted by atomic mass is 10.1. The Balaban J connectivity index is 1.44. The van der Waals surface area contributed by atoms with Crippen LogP contribution < -0.4 is 4.74 Å². The van der Waals surface area contributed by atoms with E-state index < -0.39 is 9.84 Å². The predicted molar refractivity (Wildman–Crippen MR) is 124 cm³/mol. The highest BCUT2D eigenvalue weighted by Gasteiger charge is 2.26. The summed E-state index contributed by atoms with van der Waals surface area (Å²) >= 11 is 0. The first-order valence-electron chi connectivity index (χ1n) is 10.8. The van der Waals surface area contributed by atoms with Gasteiger partial charge < -0.3 is 14.2 Å². The zero-order chi connectivity index (χ0) is 22.9. The second-order valence-electron chi connectivity index (χ2n) is 8.59. The summed E-state index contributed by atoms with van der Waals surface area (Å²) in [7, 11) is -3.28. The molecule has 1 aromatic heterocycles. The first kappa shape index (κ1) is 22.3. The monoisotopic (exact) mass is 455 g/mol. The van der Waals surface area contributed by atoms with Crippen molar-refractivity contribution in [3.63, 3.8) is 0 Å². The lowest BCUT2D eigenvalue weighted by Crippen LogP contribution is -2.43. The number of piperidine rings is 1. The van der Waals surface area contributed by atoms with E-state index >= 15 is 0 Å². The molecule has 1 aliphatic heterocycles. The number of para-hydroxylation sites is 3. The Labute approximate surface area is 188 Å². The van der Waals surface area contributed by atoms with Crippen LogP contribution >= 0.6 is 0 Å². The summed E-state index contributed by atoms with van der Waals surface area (Å²) in [5.74, 6) is 1.11. The SMILES string of the molecule is Cc1cccc(C)c1OC1CCN(C(=O)Cn2c(CS(C)(=O)=O)nc3ccccc32)CC1. The molecule has 8 heteroatoms. The largest absolute Gasteiger partial charge is 0.490 e. The van der Waals surface area contributed by atoms with Crippen molar-refractivity contribution in [2.24, 2.45) is 0 Å². The van der Waals surface area contributed by atoms with E-state index in [0.29, 0.717) is 24.4 Å². The molecule has 170 valence electrons. The van der Waals surface area contributed by atoms with Crippen LogP contribution in [0.4, 0.5) is 0 Å². The molecule has 0 radical (unpaired) electrons. The molecule has 32 heavy (non-hydrogen) atoms. The van der Waals surface area contributed by atoms with Gasteiger partial charge in [0.15, 0.2) is 9.84 Å². The fourth-order valence-electron chi connectivity index (χ4n) is 4.26. The van der Waals surface area contributed by atoms with Crippen molar-refractivity contribution in [3.05, 3.63) is 59.4 Å². The summed E-state index contributed by atoms with van der Waals surface area (Å²) in [4.78, 5) is 19.4. The quantitative estimate of drug-likeness (QED) is 0.570. The number of sulfone groups is 1. The van der Waals surface area contributed by atoms with Crippen molar-refractivity contribution in [1.82, 2.24) is 14.5 Å². The normalized spacial score (nSPS) is 15.3. The number of carbonyl (C=O) groups is 1. The Hall–Kier alpha value is -2.87. The van der Waals surface area contributed by atoms with E-state index in [4.69, 9.17) is 4.74 Å². The molecule has 2 heterocycles. The summed E-state index contributed by atoms with van der Waals surface area (Å²) in [6, 6.07) is 13.5. The molecule has 3 aromatic rings. The highest BCUT2D eigenvalue weighted by Crippen LogP contribution is 2.26. The molecule has 0 atom stereocenters. The molecule has 0 N–H and O–H groups in total. The molecule has 0 unspecified atom stereocenters. The third-order valence-corrected chi connectivity index (χ3v) is 6.69. The van der Waals surface area contributed by atoms with Crippen molar-refractivity contribution < 1.29 is 17.9 Å². The predicted octanol–water partition coefficient (Wildman–Crippen LogP) is 3.27. The summed E-state index contributed by atoms with van der Waals surface area (Å²) in [5.41, 5.74) is 3.70. The van der Waals surface area contributed by atoms with Gasteiger partial charge in [-0.15, -0.1) is 0 Å². The van der Waals surface area contributed by atoms with E-state index in [1.54, 1.807) is 4.57 Å². The molecule has 0 saturated carbocycles. The van der Waals surface area contributed by atoms with E-state index in [1.807, 2.05) is 61.2 Å². The minimum atomic E-state index is -3.28. The number of rotatable bonds is 6. The maximum Gasteiger partial charge on any atom is 0.242 e. The molecule has 1 fully saturated rings. The number of aromatic nitrogens is 2. The van der Waals surface area contributed by atoms with Gasteiger partial charge in [-0.2, -0.15) is 0 Å². The number of nitrogens with zero attached hydrogens (tertiary/aromatic N) is 3. The number of fused-ring (bicyclic) bond motifs is 1. The van der Waals surface area contributed by atoms with Crippen LogP contribution in [0.1, 0.15) is 29.8 Å². The molecule has 7 nitrogen and oxygen atoms in total. The number of aryl methyl sites for hydroxylation is 2. The van der Waals surface area contributed by atoms with Gasteiger partial charge in [0.25, 0.3) is 0 Å². The number of likely N-dealkylation sites (tertiary alicyclic amines) is 1. The molecule has 0 bridgehead atoms. The number of imidazole rings is 1. The molecule has 4 rings (SSSR count). The smallest absolute Gasteiger partial charge is 0.242 e. The van der Waals surface area contributed by atoms with Gasteiger partial charge in [0.2, 0.25) is 5.91 Å². The van der Waals surface area contributed by atoms with Gasteiger partial charge in [-0.3, -0.25) is 4.79 Å². The van der Waals surface area contributed by atoms with Crippen LogP contribution in [0.25, 0.3) is 11.0 Å². The molecule has 2 aromatic carbocycles. The fraction of sp³-hybridized carbons (Fsp3) is 0.417. The van der Waals surface area contributed by atoms with Crippen LogP contribution in [0.2, 0.25) is 0 Å². The van der Waals surface area contributed by atoms with Crippen molar-refractivity contribution in [2.45, 2.75) is 45.1 Å². The van der Waals surface area contributed by atoms with Crippen molar-refractivity contribution >= 4 is 26.8 Å². The van der Waals surface area contributed by atoms with E-state index in [-0.39, 0.29) is 24.3 Å². The van der Waals surface area contributed by atoms with Crippen molar-refractivity contribution in [2.75, 3.05) is 19.3 Å². The Morgan fingerprint density at radius 2 is 1.72 bits per heavy atom. The minimum Gasteiger partial charge on any atom is -0.490 e. The second-order valence-corrected chi connectivity index (χ2v) is 10.7. The summed E-state index contributed by atoms with van der Waals surface area (Å²) < 4.78 is 31.8. The average Bonchev–Trinajstić information content (AvgIpc) is 3.06. The molecule has 1 amide bonds. The first-order chi connectivity index (χ1) is 15.2. The van der Waals surface area contributed by atoms with Crippen LogP contribution in [0.3, 0.4) is 0 Å². The second kappa shape index (κ2) is 8.94. The van der Waals surface area contributed by atoms with Crippen molar-refractivity contribution in [3.8, 4) is 5.75 Å². The number of hydrogen-bond acceptors (Lipinski definition) is 5. The maximum absolute atomic E-state index is 13.1. The van der Waals surface area contributed by atoms with Crippen LogP contribution in [0, 0.1) is 13.8 Å². The van der Waals surface area contributed by atoms with E-state index in [1.165, 1.54) is 6.26 Å². The van der Waals surface area contributed by atoms with Gasteiger partial charge >= 0.3 is 0 Å². The number of ether oxygens (including phenoxy) is 1. The van der Waals surface area contributed by atoms with Gasteiger partial charge in [0, 0.05) is 32.2 Å². The minimum absolute atomic E-state index is 0.0339. The highest BCUT2D eigenvalue weighted by molar-refractivity contribution is 7.89. The average molecular weight is 456 g/mol. The van der Waals surface area contributed by atoms with Gasteiger partial charge in [0.05, 0.1) is 11.0 Å².